The minimum absolute atomic E-state index is 0. The first-order valence-corrected chi connectivity index (χ1v) is 13.8. The van der Waals surface area contributed by atoms with Crippen molar-refractivity contribution in [1.82, 2.24) is 15.0 Å². The van der Waals surface area contributed by atoms with Crippen LogP contribution in [0.5, 0.6) is 0 Å². The zero-order valence-corrected chi connectivity index (χ0v) is 27.0. The number of fused-ring (bicyclic) bond motifs is 5. The molecule has 3 aromatic carbocycles. The molecule has 0 amide bonds. The molecule has 0 atom stereocenters. The van der Waals surface area contributed by atoms with Crippen molar-refractivity contribution in [3.05, 3.63) is 125 Å². The molecule has 1 radical (unpaired) electrons. The number of pyridine rings is 3. The summed E-state index contributed by atoms with van der Waals surface area (Å²) in [6.07, 6.45) is 3.79. The van der Waals surface area contributed by atoms with Crippen molar-refractivity contribution in [3.8, 4) is 22.5 Å². The van der Waals surface area contributed by atoms with Crippen LogP contribution in [0.15, 0.2) is 83.5 Å². The summed E-state index contributed by atoms with van der Waals surface area (Å²) in [5.41, 5.74) is 12.4. The van der Waals surface area contributed by atoms with Crippen molar-refractivity contribution in [2.45, 2.75) is 41.5 Å². The minimum atomic E-state index is 0. The van der Waals surface area contributed by atoms with E-state index >= 15 is 0 Å². The quantitative estimate of drug-likeness (QED) is 0.167. The number of rotatable bonds is 2. The molecule has 0 bridgehead atoms. The Balaban J connectivity index is 0.000000189. The molecule has 5 heteroatoms. The van der Waals surface area contributed by atoms with E-state index in [-0.39, 0.29) is 20.1 Å². The molecule has 7 aromatic rings. The zero-order valence-electron chi connectivity index (χ0n) is 24.6. The summed E-state index contributed by atoms with van der Waals surface area (Å²) < 4.78 is 6.39. The summed E-state index contributed by atoms with van der Waals surface area (Å²) in [6, 6.07) is 29.2. The molecule has 42 heavy (non-hydrogen) atoms. The van der Waals surface area contributed by atoms with Gasteiger partial charge in [0.05, 0.1) is 5.58 Å². The molecule has 0 spiro atoms. The first-order chi connectivity index (χ1) is 19.8. The fraction of sp³-hybridized carbons (Fsp3) is 0.162. The second-order valence-electron chi connectivity index (χ2n) is 10.7. The van der Waals surface area contributed by atoms with Crippen LogP contribution in [0, 0.1) is 53.7 Å². The van der Waals surface area contributed by atoms with E-state index in [0.717, 1.165) is 72.2 Å². The van der Waals surface area contributed by atoms with Gasteiger partial charge >= 0.3 is 0 Å². The third kappa shape index (κ3) is 5.63. The van der Waals surface area contributed by atoms with Gasteiger partial charge in [-0.2, -0.15) is 0 Å². The van der Waals surface area contributed by atoms with Gasteiger partial charge in [-0.1, -0.05) is 53.8 Å². The Morgan fingerprint density at radius 2 is 1.36 bits per heavy atom. The number of nitrogens with zero attached hydrogens (tertiary/aromatic N) is 3. The van der Waals surface area contributed by atoms with E-state index < -0.39 is 0 Å². The maximum Gasteiger partial charge on any atom is 0.128 e. The Morgan fingerprint density at radius 1 is 0.619 bits per heavy atom. The Morgan fingerprint density at radius 3 is 2.07 bits per heavy atom. The fourth-order valence-corrected chi connectivity index (χ4v) is 5.09. The summed E-state index contributed by atoms with van der Waals surface area (Å²) in [5.74, 6) is 0. The summed E-state index contributed by atoms with van der Waals surface area (Å²) in [4.78, 5) is 13.5. The minimum Gasteiger partial charge on any atom is -0.500 e. The topological polar surface area (TPSA) is 51.8 Å². The first kappa shape index (κ1) is 29.3. The monoisotopic (exact) mass is 726 g/mol. The van der Waals surface area contributed by atoms with Crippen LogP contribution in [0.1, 0.15) is 33.6 Å². The third-order valence-corrected chi connectivity index (χ3v) is 7.51. The van der Waals surface area contributed by atoms with E-state index in [0.29, 0.717) is 0 Å². The normalized spacial score (nSPS) is 10.9. The van der Waals surface area contributed by atoms with Crippen LogP contribution in [-0.4, -0.2) is 15.0 Å². The number of aryl methyl sites for hydroxylation is 6. The molecule has 0 saturated heterocycles. The second-order valence-corrected chi connectivity index (χ2v) is 10.7. The second kappa shape index (κ2) is 12.0. The van der Waals surface area contributed by atoms with Crippen molar-refractivity contribution < 1.29 is 24.5 Å². The van der Waals surface area contributed by atoms with Crippen molar-refractivity contribution in [2.24, 2.45) is 0 Å². The molecule has 211 valence electrons. The molecule has 0 N–H and O–H groups in total. The van der Waals surface area contributed by atoms with Crippen molar-refractivity contribution in [2.75, 3.05) is 0 Å². The standard InChI is InChI=1S/C23H17N2O.C14H14N.Ir/c1-13-7-10-21(24-12-13)19-6-4-5-17-18-9-8-16-15(3)25-14(2)11-20(16)23(18)26-22(17)19;1-10-4-6-13(7-5-10)14-8-11(2)12(3)9-15-14;/h4-5,7-12H,1-3H3;4-6,8-9H,1-3H3;/q2*-1;. The van der Waals surface area contributed by atoms with Gasteiger partial charge in [0.1, 0.15) is 5.58 Å². The van der Waals surface area contributed by atoms with Crippen LogP contribution >= 0.6 is 0 Å². The van der Waals surface area contributed by atoms with Gasteiger partial charge in [-0.15, -0.1) is 53.6 Å². The van der Waals surface area contributed by atoms with Gasteiger partial charge in [0.25, 0.3) is 0 Å². The number of hydrogen-bond acceptors (Lipinski definition) is 4. The van der Waals surface area contributed by atoms with Crippen LogP contribution in [0.4, 0.5) is 0 Å². The predicted molar refractivity (Wildman–Crippen MR) is 168 cm³/mol. The van der Waals surface area contributed by atoms with Crippen LogP contribution < -0.4 is 0 Å². The van der Waals surface area contributed by atoms with Gasteiger partial charge in [-0.3, -0.25) is 4.98 Å². The van der Waals surface area contributed by atoms with E-state index in [1.807, 2.05) is 51.4 Å². The van der Waals surface area contributed by atoms with Gasteiger partial charge in [-0.05, 0) is 63.2 Å². The van der Waals surface area contributed by atoms with Crippen molar-refractivity contribution in [1.29, 1.82) is 0 Å². The summed E-state index contributed by atoms with van der Waals surface area (Å²) in [7, 11) is 0. The molecule has 7 rings (SSSR count). The molecule has 0 aliphatic carbocycles. The SMILES string of the molecule is Cc1c[c-]c(-c2cc(C)c(C)cn2)cc1.Cc1ccc(-c2[c-]ccc3c2oc2c4cc(C)nc(C)c4ccc32)nc1.[Ir]. The summed E-state index contributed by atoms with van der Waals surface area (Å²) >= 11 is 0. The van der Waals surface area contributed by atoms with E-state index in [1.54, 1.807) is 0 Å². The van der Waals surface area contributed by atoms with Gasteiger partial charge in [0, 0.05) is 60.0 Å². The molecule has 4 nitrogen and oxygen atoms in total. The first-order valence-electron chi connectivity index (χ1n) is 13.8. The van der Waals surface area contributed by atoms with Crippen LogP contribution in [0.25, 0.3) is 55.2 Å². The molecule has 0 fully saturated rings. The van der Waals surface area contributed by atoms with Gasteiger partial charge in [0.2, 0.25) is 0 Å². The van der Waals surface area contributed by atoms with E-state index in [2.05, 4.69) is 96.4 Å². The van der Waals surface area contributed by atoms with Crippen molar-refractivity contribution >= 4 is 32.7 Å². The molecular formula is C37H31IrN3O-2. The molecular weight excluding hydrogens is 695 g/mol. The smallest absolute Gasteiger partial charge is 0.128 e. The summed E-state index contributed by atoms with van der Waals surface area (Å²) in [5, 5.41) is 4.43. The fourth-order valence-electron chi connectivity index (χ4n) is 5.09. The molecule has 4 aromatic heterocycles. The Kier molecular flexibility index (Phi) is 8.36. The predicted octanol–water partition coefficient (Wildman–Crippen LogP) is 9.39. The number of hydrogen-bond donors (Lipinski definition) is 0. The summed E-state index contributed by atoms with van der Waals surface area (Å²) in [6.45, 7) is 12.3. The van der Waals surface area contributed by atoms with Crippen LogP contribution in [-0.2, 0) is 20.1 Å². The largest absolute Gasteiger partial charge is 0.500 e. The van der Waals surface area contributed by atoms with Crippen molar-refractivity contribution in [3.63, 3.8) is 0 Å². The number of aromatic nitrogens is 3. The van der Waals surface area contributed by atoms with Crippen LogP contribution in [0.2, 0.25) is 0 Å². The maximum atomic E-state index is 6.39. The molecule has 0 aliphatic heterocycles. The van der Waals surface area contributed by atoms with E-state index in [1.165, 1.54) is 16.7 Å². The molecule has 4 heterocycles. The molecule has 0 unspecified atom stereocenters. The molecule has 0 aliphatic rings. The molecule has 0 saturated carbocycles. The average molecular weight is 726 g/mol. The Labute approximate surface area is 260 Å². The Bertz CT molecular complexity index is 2040. The van der Waals surface area contributed by atoms with Gasteiger partial charge in [-0.25, -0.2) is 0 Å². The van der Waals surface area contributed by atoms with Crippen LogP contribution in [0.3, 0.4) is 0 Å². The third-order valence-electron chi connectivity index (χ3n) is 7.51. The van der Waals surface area contributed by atoms with Gasteiger partial charge in [0.15, 0.2) is 0 Å². The van der Waals surface area contributed by atoms with E-state index in [4.69, 9.17) is 4.42 Å². The maximum absolute atomic E-state index is 6.39. The Hall–Kier alpha value is -4.18. The zero-order chi connectivity index (χ0) is 28.7. The van der Waals surface area contributed by atoms with E-state index in [9.17, 15) is 0 Å². The number of benzene rings is 3. The van der Waals surface area contributed by atoms with Gasteiger partial charge < -0.3 is 14.4 Å². The average Bonchev–Trinajstić information content (AvgIpc) is 3.35. The number of furan rings is 1.